The number of aliphatic imine (C=N–C) groups is 1. The molecule has 0 N–H and O–H groups in total. The van der Waals surface area contributed by atoms with Gasteiger partial charge in [0.25, 0.3) is 5.91 Å². The monoisotopic (exact) mass is 410 g/mol. The van der Waals surface area contributed by atoms with Gasteiger partial charge in [-0.1, -0.05) is 29.9 Å². The number of amides is 2. The Bertz CT molecular complexity index is 998. The fourth-order valence-electron chi connectivity index (χ4n) is 4.49. The fraction of sp³-hybridized carbons (Fsp3) is 0.364. The third-order valence-electron chi connectivity index (χ3n) is 5.94. The van der Waals surface area contributed by atoms with Crippen LogP contribution in [0.2, 0.25) is 0 Å². The van der Waals surface area contributed by atoms with Gasteiger partial charge in [-0.25, -0.2) is 4.39 Å². The van der Waals surface area contributed by atoms with Gasteiger partial charge in [-0.15, -0.1) is 0 Å². The highest BCUT2D eigenvalue weighted by Gasteiger charge is 2.57. The van der Waals surface area contributed by atoms with E-state index in [0.29, 0.717) is 36.5 Å². The van der Waals surface area contributed by atoms with Crippen molar-refractivity contribution in [3.05, 3.63) is 59.6 Å². The van der Waals surface area contributed by atoms with Crippen molar-refractivity contribution in [1.82, 2.24) is 9.80 Å². The summed E-state index contributed by atoms with van der Waals surface area (Å²) in [6.45, 7) is 8.09. The molecule has 0 bridgehead atoms. The second-order valence-electron chi connectivity index (χ2n) is 7.67. The van der Waals surface area contributed by atoms with Crippen molar-refractivity contribution in [1.29, 1.82) is 0 Å². The van der Waals surface area contributed by atoms with Crippen LogP contribution in [0.5, 0.6) is 0 Å². The van der Waals surface area contributed by atoms with E-state index in [9.17, 15) is 14.0 Å². The quantitative estimate of drug-likeness (QED) is 0.716. The molecule has 8 heteroatoms. The van der Waals surface area contributed by atoms with Crippen LogP contribution in [0.15, 0.2) is 58.3 Å². The van der Waals surface area contributed by atoms with E-state index in [0.717, 1.165) is 5.57 Å². The zero-order valence-electron chi connectivity index (χ0n) is 17.0. The van der Waals surface area contributed by atoms with Crippen LogP contribution in [0.25, 0.3) is 0 Å². The zero-order chi connectivity index (χ0) is 21.5. The Morgan fingerprint density at radius 3 is 2.70 bits per heavy atom. The van der Waals surface area contributed by atoms with Crippen molar-refractivity contribution >= 4 is 23.7 Å². The van der Waals surface area contributed by atoms with Crippen LogP contribution in [0.4, 0.5) is 4.39 Å². The lowest BCUT2D eigenvalue weighted by Gasteiger charge is -2.47. The van der Waals surface area contributed by atoms with E-state index in [-0.39, 0.29) is 24.2 Å². The molecule has 156 valence electrons. The van der Waals surface area contributed by atoms with Gasteiger partial charge in [-0.05, 0) is 37.1 Å². The molecular weight excluding hydrogens is 387 g/mol. The molecule has 0 radical (unpaired) electrons. The van der Waals surface area contributed by atoms with E-state index in [2.05, 4.69) is 16.7 Å². The largest absolute Gasteiger partial charge is 0.395 e. The van der Waals surface area contributed by atoms with Crippen molar-refractivity contribution in [2.24, 2.45) is 16.1 Å². The SMILES string of the molecule is C=C/C=N\C1=C(C)CC2(c3ccc(F)cc3)N(CCN2C(=O)C2CON=C2C)C1=O. The molecule has 4 rings (SSSR count). The minimum absolute atomic E-state index is 0.154. The minimum atomic E-state index is -1.04. The molecule has 0 saturated carbocycles. The Hall–Kier alpha value is -3.29. The van der Waals surface area contributed by atoms with Gasteiger partial charge in [0, 0.05) is 25.7 Å². The molecule has 1 fully saturated rings. The van der Waals surface area contributed by atoms with Gasteiger partial charge in [0.1, 0.15) is 29.7 Å². The number of fused-ring (bicyclic) bond motifs is 1. The Kier molecular flexibility index (Phi) is 5.01. The maximum atomic E-state index is 13.7. The Morgan fingerprint density at radius 2 is 2.07 bits per heavy atom. The second-order valence-corrected chi connectivity index (χ2v) is 7.67. The average Bonchev–Trinajstić information content (AvgIpc) is 3.32. The number of nitrogens with zero attached hydrogens (tertiary/aromatic N) is 4. The maximum Gasteiger partial charge on any atom is 0.274 e. The van der Waals surface area contributed by atoms with Crippen LogP contribution in [-0.2, 0) is 20.1 Å². The zero-order valence-corrected chi connectivity index (χ0v) is 17.0. The molecule has 1 aromatic carbocycles. The number of hydrogen-bond donors (Lipinski definition) is 0. The lowest BCUT2D eigenvalue weighted by atomic mass is 9.85. The van der Waals surface area contributed by atoms with Gasteiger partial charge in [-0.3, -0.25) is 14.6 Å². The standard InChI is InChI=1S/C22H23FN4O3/c1-4-9-24-19-14(2)12-22(16-5-7-17(23)8-6-16)26(10-11-27(22)21(19)29)20(28)18-13-30-25-15(18)3/h4-9,18H,1,10-13H2,2-3H3/b24-9-. The molecule has 7 nitrogen and oxygen atoms in total. The molecule has 0 spiro atoms. The molecule has 2 unspecified atom stereocenters. The summed E-state index contributed by atoms with van der Waals surface area (Å²) >= 11 is 0. The van der Waals surface area contributed by atoms with Crippen molar-refractivity contribution in [2.75, 3.05) is 19.7 Å². The smallest absolute Gasteiger partial charge is 0.274 e. The molecule has 1 saturated heterocycles. The van der Waals surface area contributed by atoms with Gasteiger partial charge in [0.05, 0.1) is 5.71 Å². The first kappa shape index (κ1) is 20.0. The molecule has 3 aliphatic heterocycles. The molecular formula is C22H23FN4O3. The predicted octanol–water partition coefficient (Wildman–Crippen LogP) is 2.61. The minimum Gasteiger partial charge on any atom is -0.395 e. The van der Waals surface area contributed by atoms with Crippen molar-refractivity contribution in [3.63, 3.8) is 0 Å². The number of allylic oxidation sites excluding steroid dienone is 1. The van der Waals surface area contributed by atoms with E-state index < -0.39 is 11.6 Å². The van der Waals surface area contributed by atoms with Crippen molar-refractivity contribution in [3.8, 4) is 0 Å². The summed E-state index contributed by atoms with van der Waals surface area (Å²) in [5.41, 5.74) is 1.36. The fourth-order valence-corrected chi connectivity index (χ4v) is 4.49. The van der Waals surface area contributed by atoms with Crippen LogP contribution in [0, 0.1) is 11.7 Å². The van der Waals surface area contributed by atoms with Crippen LogP contribution >= 0.6 is 0 Å². The topological polar surface area (TPSA) is 74.6 Å². The van der Waals surface area contributed by atoms with E-state index >= 15 is 0 Å². The molecule has 30 heavy (non-hydrogen) atoms. The molecule has 0 aromatic heterocycles. The lowest BCUT2D eigenvalue weighted by Crippen LogP contribution is -2.58. The Labute approximate surface area is 174 Å². The molecule has 3 aliphatic rings. The van der Waals surface area contributed by atoms with Gasteiger partial charge in [0.15, 0.2) is 0 Å². The highest BCUT2D eigenvalue weighted by Crippen LogP contribution is 2.47. The van der Waals surface area contributed by atoms with Crippen molar-refractivity contribution < 1.29 is 18.8 Å². The average molecular weight is 410 g/mol. The van der Waals surface area contributed by atoms with Crippen LogP contribution in [-0.4, -0.2) is 53.2 Å². The summed E-state index contributed by atoms with van der Waals surface area (Å²) in [7, 11) is 0. The number of carbonyl (C=O) groups is 2. The summed E-state index contributed by atoms with van der Waals surface area (Å²) in [6.07, 6.45) is 3.37. The first-order valence-corrected chi connectivity index (χ1v) is 9.81. The molecule has 0 aliphatic carbocycles. The van der Waals surface area contributed by atoms with Gasteiger partial charge in [0.2, 0.25) is 5.91 Å². The van der Waals surface area contributed by atoms with Gasteiger partial charge >= 0.3 is 0 Å². The number of rotatable bonds is 4. The molecule has 3 heterocycles. The number of benzene rings is 1. The number of carbonyl (C=O) groups excluding carboxylic acids is 2. The van der Waals surface area contributed by atoms with Gasteiger partial charge in [-0.2, -0.15) is 0 Å². The summed E-state index contributed by atoms with van der Waals surface area (Å²) in [5, 5.41) is 3.90. The van der Waals surface area contributed by atoms with E-state index in [4.69, 9.17) is 4.84 Å². The van der Waals surface area contributed by atoms with Crippen LogP contribution in [0.3, 0.4) is 0 Å². The highest BCUT2D eigenvalue weighted by atomic mass is 19.1. The van der Waals surface area contributed by atoms with E-state index in [1.807, 2.05) is 6.92 Å². The third kappa shape index (κ3) is 2.94. The summed E-state index contributed by atoms with van der Waals surface area (Å²) in [6, 6.07) is 5.98. The summed E-state index contributed by atoms with van der Waals surface area (Å²) in [4.78, 5) is 39.7. The van der Waals surface area contributed by atoms with E-state index in [1.165, 1.54) is 24.4 Å². The number of hydrogen-bond acceptors (Lipinski definition) is 5. The number of oxime groups is 1. The second kappa shape index (κ2) is 7.51. The van der Waals surface area contributed by atoms with Gasteiger partial charge < -0.3 is 14.6 Å². The molecule has 1 aromatic rings. The third-order valence-corrected chi connectivity index (χ3v) is 5.94. The maximum absolute atomic E-state index is 13.7. The van der Waals surface area contributed by atoms with Crippen LogP contribution in [0.1, 0.15) is 25.8 Å². The normalized spacial score (nSPS) is 26.2. The Morgan fingerprint density at radius 1 is 1.33 bits per heavy atom. The Balaban J connectivity index is 1.85. The summed E-state index contributed by atoms with van der Waals surface area (Å²) < 4.78 is 13.7. The predicted molar refractivity (Wildman–Crippen MR) is 110 cm³/mol. The van der Waals surface area contributed by atoms with Crippen molar-refractivity contribution in [2.45, 2.75) is 25.9 Å². The number of halogens is 1. The highest BCUT2D eigenvalue weighted by molar-refractivity contribution is 6.05. The van der Waals surface area contributed by atoms with E-state index in [1.54, 1.807) is 28.9 Å². The molecule has 2 atom stereocenters. The molecule has 2 amide bonds. The lowest BCUT2D eigenvalue weighted by molar-refractivity contribution is -0.150. The van der Waals surface area contributed by atoms with Crippen LogP contribution < -0.4 is 0 Å². The summed E-state index contributed by atoms with van der Waals surface area (Å²) in [5.74, 6) is -1.29. The first-order valence-electron chi connectivity index (χ1n) is 9.81. The first-order chi connectivity index (χ1) is 14.4.